The number of rotatable bonds is 0. The van der Waals surface area contributed by atoms with Gasteiger partial charge in [-0.05, 0) is 0 Å². The van der Waals surface area contributed by atoms with Crippen molar-refractivity contribution in [3.05, 3.63) is 0 Å². The first-order chi connectivity index (χ1) is 3.41. The molecule has 0 fully saturated rings. The molecule has 0 spiro atoms. The minimum Gasteiger partial charge on any atom is -0.870 e. The van der Waals surface area contributed by atoms with Gasteiger partial charge >= 0.3 is 54.3 Å². The quantitative estimate of drug-likeness (QED) is 0.310. The fourth-order valence-corrected chi connectivity index (χ4v) is 0. The van der Waals surface area contributed by atoms with E-state index >= 15 is 0 Å². The van der Waals surface area contributed by atoms with E-state index in [2.05, 4.69) is 0 Å². The Morgan fingerprint density at radius 1 is 0.929 bits per heavy atom. The fourth-order valence-electron chi connectivity index (χ4n) is 0. The summed E-state index contributed by atoms with van der Waals surface area (Å²) in [6.45, 7) is 0. The normalized spacial score (nSPS) is 7.00. The monoisotopic (exact) mass is 458 g/mol. The van der Waals surface area contributed by atoms with Crippen LogP contribution in [0, 0.1) is 0 Å². The van der Waals surface area contributed by atoms with Crippen LogP contribution in [0.4, 0.5) is 7.10 Å². The Bertz CT molecular complexity index is 47.4. The molecule has 104 valence electrons. The third-order valence-corrected chi connectivity index (χ3v) is 0. The molecule has 0 aliphatic carbocycles. The van der Waals surface area contributed by atoms with Crippen LogP contribution in [-0.2, 0) is 67.1 Å². The van der Waals surface area contributed by atoms with E-state index in [0.29, 0.717) is 0 Å². The third kappa shape index (κ3) is 506. The molecule has 0 aromatic carbocycles. The van der Waals surface area contributed by atoms with Crippen LogP contribution in [0.25, 0.3) is 0 Å². The Balaban J connectivity index is -0.00000000626. The van der Waals surface area contributed by atoms with Gasteiger partial charge in [-0.2, -0.15) is 0 Å². The van der Waals surface area contributed by atoms with Gasteiger partial charge in [0.15, 0.2) is 0 Å². The minimum atomic E-state index is -5.25. The maximum absolute atomic E-state index is 9.62. The van der Waals surface area contributed by atoms with Gasteiger partial charge in [-0.15, -0.1) is 0 Å². The van der Waals surface area contributed by atoms with E-state index in [0.717, 1.165) is 0 Å². The van der Waals surface area contributed by atoms with Gasteiger partial charge in [-0.3, -0.25) is 0 Å². The van der Waals surface area contributed by atoms with Crippen molar-refractivity contribution in [2.75, 3.05) is 0 Å². The Hall–Kier alpha value is 2.22. The zero-order valence-corrected chi connectivity index (χ0v) is 12.4. The second-order valence-electron chi connectivity index (χ2n) is 0.624. The van der Waals surface area contributed by atoms with Gasteiger partial charge in [0.05, 0.1) is 0 Å². The summed E-state index contributed by atoms with van der Waals surface area (Å²) in [5.74, 6) is 0. The summed E-state index contributed by atoms with van der Waals surface area (Å²) >= 11 is -7.00. The van der Waals surface area contributed by atoms with Gasteiger partial charge in [-0.25, -0.2) is 0 Å². The van der Waals surface area contributed by atoms with Crippen molar-refractivity contribution in [2.45, 2.75) is 0 Å². The van der Waals surface area contributed by atoms with Gasteiger partial charge in [-0.1, -0.05) is 0 Å². The molecule has 14 heteroatoms. The first-order valence-corrected chi connectivity index (χ1v) is 5.65. The third-order valence-electron chi connectivity index (χ3n) is 0. The zero-order valence-electron chi connectivity index (χ0n) is 5.87. The average Bonchev–Trinajstić information content (AvgIpc) is 1.27. The zero-order chi connectivity index (χ0) is 7.21. The Kier molecular flexibility index (Phi) is 144. The van der Waals surface area contributed by atoms with E-state index in [9.17, 15) is 7.10 Å². The Morgan fingerprint density at radius 3 is 0.929 bits per heavy atom. The SMILES string of the molecule is O.O.[F][Fe][F].[Fe].[Fe].[Fe].[O-][AsH](O)(O)O.[OH-]. The van der Waals surface area contributed by atoms with Crippen LogP contribution >= 0.6 is 0 Å². The molecule has 0 atom stereocenters. The smallest absolute Gasteiger partial charge is 0.870 e. The van der Waals surface area contributed by atoms with Crippen LogP contribution in [0.15, 0.2) is 0 Å². The summed E-state index contributed by atoms with van der Waals surface area (Å²) in [5.41, 5.74) is 0. The van der Waals surface area contributed by atoms with Crippen molar-refractivity contribution >= 4 is 14.9 Å². The first kappa shape index (κ1) is 55.6. The Morgan fingerprint density at radius 2 is 0.929 bits per heavy atom. The van der Waals surface area contributed by atoms with Crippen LogP contribution in [0.5, 0.6) is 0 Å². The molecule has 7 nitrogen and oxygen atoms in total. The largest absolute Gasteiger partial charge is 0.870 e. The predicted molar refractivity (Wildman–Crippen MR) is 25.2 cm³/mol. The standard InChI is InChI=1S/AsH4O4.2FH.4Fe.3H2O/c2-1(3,4)5;;;;;;;;;/h1-4H;2*1H;;;;;3*1H2/q-1;;;;;;+2;;;/p-3. The molecule has 0 saturated carbocycles. The molecular weight excluding hydrogens is 448 g/mol. The minimum absolute atomic E-state index is 0. The molecule has 0 amide bonds. The van der Waals surface area contributed by atoms with Gasteiger partial charge in [0.1, 0.15) is 0 Å². The number of halogens is 2. The van der Waals surface area contributed by atoms with Crippen LogP contribution in [0.2, 0.25) is 0 Å². The molecular formula is H9AsF2Fe4O7-2. The average molecular weight is 457 g/mol. The summed E-state index contributed by atoms with van der Waals surface area (Å²) < 4.78 is 50.0. The van der Waals surface area contributed by atoms with E-state index in [1.807, 2.05) is 0 Å². The van der Waals surface area contributed by atoms with Gasteiger partial charge in [0.25, 0.3) is 0 Å². The summed E-state index contributed by atoms with van der Waals surface area (Å²) in [5, 5.41) is 0. The molecule has 14 heavy (non-hydrogen) atoms. The van der Waals surface area contributed by atoms with Crippen LogP contribution in [0.3, 0.4) is 0 Å². The van der Waals surface area contributed by atoms with E-state index in [-0.39, 0.29) is 67.6 Å². The molecule has 0 rings (SSSR count). The second kappa shape index (κ2) is 36.2. The van der Waals surface area contributed by atoms with Crippen molar-refractivity contribution in [1.82, 2.24) is 0 Å². The van der Waals surface area contributed by atoms with Crippen LogP contribution in [0.1, 0.15) is 0 Å². The molecule has 0 bridgehead atoms. The predicted octanol–water partition coefficient (Wildman–Crippen LogP) is -4.50. The van der Waals surface area contributed by atoms with Crippen molar-refractivity contribution in [3.8, 4) is 0 Å². The first-order valence-electron chi connectivity index (χ1n) is 1.14. The van der Waals surface area contributed by atoms with E-state index in [1.165, 1.54) is 0 Å². The fraction of sp³-hybridized carbons (Fsp3) is 0. The van der Waals surface area contributed by atoms with Crippen LogP contribution < -0.4 is 4.10 Å². The topological polar surface area (TPSA) is 177 Å². The molecule has 0 radical (unpaired) electrons. The summed E-state index contributed by atoms with van der Waals surface area (Å²) in [6, 6.07) is 0. The Labute approximate surface area is 121 Å². The van der Waals surface area contributed by atoms with Gasteiger partial charge in [0, 0.05) is 51.2 Å². The molecule has 0 aliphatic heterocycles. The molecule has 0 saturated heterocycles. The van der Waals surface area contributed by atoms with Crippen molar-refractivity contribution in [2.24, 2.45) is 0 Å². The summed E-state index contributed by atoms with van der Waals surface area (Å²) in [4.78, 5) is 0. The van der Waals surface area contributed by atoms with Crippen molar-refractivity contribution in [1.29, 1.82) is 0 Å². The number of hydrogen-bond acceptors (Lipinski definition) is 5. The molecule has 0 aliphatic rings. The van der Waals surface area contributed by atoms with Crippen molar-refractivity contribution in [3.63, 3.8) is 0 Å². The maximum atomic E-state index is 9.62. The molecule has 0 heterocycles. The number of hydrogen-bond donors (Lipinski definition) is 3. The van der Waals surface area contributed by atoms with Gasteiger partial charge in [0.2, 0.25) is 0 Å². The molecule has 0 unspecified atom stereocenters. The second-order valence-corrected chi connectivity index (χ2v) is 3.19. The molecule has 8 N–H and O–H groups in total. The van der Waals surface area contributed by atoms with Crippen LogP contribution in [-0.4, -0.2) is 43.6 Å². The van der Waals surface area contributed by atoms with E-state index in [1.54, 1.807) is 0 Å². The van der Waals surface area contributed by atoms with E-state index in [4.69, 9.17) is 16.4 Å². The van der Waals surface area contributed by atoms with Gasteiger partial charge < -0.3 is 16.4 Å². The van der Waals surface area contributed by atoms with E-state index < -0.39 is 30.8 Å². The maximum Gasteiger partial charge on any atom is -0.870 e. The summed E-state index contributed by atoms with van der Waals surface area (Å²) in [7, 11) is 0. The molecule has 0 aromatic rings. The molecule has 0 aromatic heterocycles. The van der Waals surface area contributed by atoms with Crippen molar-refractivity contribution < 1.29 is 107 Å². The summed E-state index contributed by atoms with van der Waals surface area (Å²) in [6.07, 6.45) is 0.